The van der Waals surface area contributed by atoms with Gasteiger partial charge in [-0.25, -0.2) is 4.98 Å². The molecule has 1 atom stereocenters. The zero-order chi connectivity index (χ0) is 14.4. The van der Waals surface area contributed by atoms with Crippen LogP contribution < -0.4 is 10.6 Å². The Morgan fingerprint density at radius 2 is 2.15 bits per heavy atom. The number of thioether (sulfide) groups is 1. The number of fused-ring (bicyclic) bond motifs is 1. The number of hydrogen-bond acceptors (Lipinski definition) is 6. The first-order valence-corrected chi connectivity index (χ1v) is 8.25. The molecular weight excluding hydrogens is 272 g/mol. The van der Waals surface area contributed by atoms with E-state index in [0.717, 1.165) is 37.3 Å². The van der Waals surface area contributed by atoms with Crippen LogP contribution in [0.1, 0.15) is 26.7 Å². The van der Waals surface area contributed by atoms with E-state index in [1.165, 1.54) is 0 Å². The lowest BCUT2D eigenvalue weighted by Crippen LogP contribution is -2.11. The third-order valence-corrected chi connectivity index (χ3v) is 4.10. The van der Waals surface area contributed by atoms with Crippen molar-refractivity contribution in [3.8, 4) is 0 Å². The van der Waals surface area contributed by atoms with E-state index in [2.05, 4.69) is 50.7 Å². The molecule has 2 aromatic heterocycles. The average molecular weight is 294 g/mol. The van der Waals surface area contributed by atoms with Gasteiger partial charge < -0.3 is 15.6 Å². The smallest absolute Gasteiger partial charge is 0.226 e. The van der Waals surface area contributed by atoms with Crippen molar-refractivity contribution >= 4 is 34.7 Å². The molecule has 0 fully saturated rings. The van der Waals surface area contributed by atoms with Crippen molar-refractivity contribution in [3.05, 3.63) is 6.33 Å². The molecule has 0 bridgehead atoms. The molecule has 110 valence electrons. The Labute approximate surface area is 123 Å². The number of nitrogens with one attached hydrogen (secondary N) is 3. The minimum atomic E-state index is 0.631. The summed E-state index contributed by atoms with van der Waals surface area (Å²) in [6.07, 6.45) is 5.92. The number of aromatic amines is 1. The lowest BCUT2D eigenvalue weighted by molar-refractivity contribution is 0.850. The van der Waals surface area contributed by atoms with Crippen LogP contribution in [-0.4, -0.2) is 44.5 Å². The molecule has 0 radical (unpaired) electrons. The summed E-state index contributed by atoms with van der Waals surface area (Å²) in [5, 5.41) is 7.23. The van der Waals surface area contributed by atoms with Gasteiger partial charge in [-0.05, 0) is 19.1 Å². The van der Waals surface area contributed by atoms with Crippen molar-refractivity contribution < 1.29 is 0 Å². The molecule has 3 N–H and O–H groups in total. The number of H-pyrrole nitrogens is 1. The Kier molecular flexibility index (Phi) is 5.46. The van der Waals surface area contributed by atoms with Crippen molar-refractivity contribution in [2.24, 2.45) is 0 Å². The normalized spacial score (nSPS) is 12.6. The summed E-state index contributed by atoms with van der Waals surface area (Å²) in [4.78, 5) is 16.2. The number of aromatic nitrogens is 4. The van der Waals surface area contributed by atoms with E-state index in [4.69, 9.17) is 0 Å². The highest BCUT2D eigenvalue weighted by molar-refractivity contribution is 7.99. The van der Waals surface area contributed by atoms with Crippen LogP contribution in [0.4, 0.5) is 11.8 Å². The summed E-state index contributed by atoms with van der Waals surface area (Å²) < 4.78 is 0. The molecular formula is C13H22N6S. The van der Waals surface area contributed by atoms with E-state index < -0.39 is 0 Å². The Balaban J connectivity index is 2.10. The molecule has 0 aliphatic rings. The van der Waals surface area contributed by atoms with E-state index in [1.54, 1.807) is 6.33 Å². The SMILES string of the molecule is CCCNc1nc(NCCC(C)SC)c2[nH]cnc2n1. The molecule has 0 aliphatic carbocycles. The molecule has 0 amide bonds. The number of anilines is 2. The lowest BCUT2D eigenvalue weighted by Gasteiger charge is -2.11. The van der Waals surface area contributed by atoms with Crippen LogP contribution in [0.25, 0.3) is 11.2 Å². The van der Waals surface area contributed by atoms with Crippen molar-refractivity contribution in [1.29, 1.82) is 0 Å². The first-order chi connectivity index (χ1) is 9.74. The maximum Gasteiger partial charge on any atom is 0.226 e. The predicted octanol–water partition coefficient (Wildman–Crippen LogP) is 2.73. The van der Waals surface area contributed by atoms with Crippen LogP contribution in [0.2, 0.25) is 0 Å². The zero-order valence-electron chi connectivity index (χ0n) is 12.2. The fraction of sp³-hybridized carbons (Fsp3) is 0.615. The standard InChI is InChI=1S/C13H22N6S/c1-4-6-15-13-18-11(14-7-5-9(2)20-3)10-12(19-13)17-8-16-10/h8-9H,4-7H2,1-3H3,(H3,14,15,16,17,18,19). The molecule has 0 spiro atoms. The summed E-state index contributed by atoms with van der Waals surface area (Å²) in [6, 6.07) is 0. The van der Waals surface area contributed by atoms with Gasteiger partial charge in [-0.2, -0.15) is 21.7 Å². The molecule has 0 aromatic carbocycles. The maximum atomic E-state index is 4.52. The monoisotopic (exact) mass is 294 g/mol. The van der Waals surface area contributed by atoms with Gasteiger partial charge in [0.05, 0.1) is 6.33 Å². The molecule has 6 nitrogen and oxygen atoms in total. The van der Waals surface area contributed by atoms with Crippen molar-refractivity contribution in [3.63, 3.8) is 0 Å². The van der Waals surface area contributed by atoms with Crippen LogP contribution >= 0.6 is 11.8 Å². The Bertz CT molecular complexity index is 541. The Morgan fingerprint density at radius 3 is 2.90 bits per heavy atom. The van der Waals surface area contributed by atoms with Gasteiger partial charge in [0.15, 0.2) is 11.5 Å². The van der Waals surface area contributed by atoms with Gasteiger partial charge in [0, 0.05) is 18.3 Å². The number of nitrogens with zero attached hydrogens (tertiary/aromatic N) is 3. The minimum Gasteiger partial charge on any atom is -0.368 e. The number of rotatable bonds is 8. The van der Waals surface area contributed by atoms with Gasteiger partial charge in [0.2, 0.25) is 5.95 Å². The molecule has 2 heterocycles. The van der Waals surface area contributed by atoms with E-state index in [9.17, 15) is 0 Å². The van der Waals surface area contributed by atoms with E-state index in [1.807, 2.05) is 11.8 Å². The quantitative estimate of drug-likeness (QED) is 0.695. The molecule has 0 saturated heterocycles. The van der Waals surface area contributed by atoms with Crippen LogP contribution in [0.3, 0.4) is 0 Å². The maximum absolute atomic E-state index is 4.52. The lowest BCUT2D eigenvalue weighted by atomic mass is 10.3. The third kappa shape index (κ3) is 3.75. The zero-order valence-corrected chi connectivity index (χ0v) is 13.0. The highest BCUT2D eigenvalue weighted by Gasteiger charge is 2.09. The van der Waals surface area contributed by atoms with E-state index in [0.29, 0.717) is 16.8 Å². The van der Waals surface area contributed by atoms with E-state index in [-0.39, 0.29) is 0 Å². The second kappa shape index (κ2) is 7.33. The molecule has 2 aromatic rings. The van der Waals surface area contributed by atoms with Gasteiger partial charge in [-0.1, -0.05) is 13.8 Å². The van der Waals surface area contributed by atoms with Crippen molar-refractivity contribution in [1.82, 2.24) is 19.9 Å². The largest absolute Gasteiger partial charge is 0.368 e. The van der Waals surface area contributed by atoms with Crippen LogP contribution in [0.15, 0.2) is 6.33 Å². The van der Waals surface area contributed by atoms with Gasteiger partial charge >= 0.3 is 0 Å². The van der Waals surface area contributed by atoms with Gasteiger partial charge in [0.25, 0.3) is 0 Å². The fourth-order valence-electron chi connectivity index (χ4n) is 1.79. The number of hydrogen-bond donors (Lipinski definition) is 3. The van der Waals surface area contributed by atoms with E-state index >= 15 is 0 Å². The first-order valence-electron chi connectivity index (χ1n) is 6.96. The van der Waals surface area contributed by atoms with Crippen LogP contribution in [0.5, 0.6) is 0 Å². The summed E-state index contributed by atoms with van der Waals surface area (Å²) >= 11 is 1.87. The summed E-state index contributed by atoms with van der Waals surface area (Å²) in [5.74, 6) is 1.45. The first kappa shape index (κ1) is 14.9. The number of imidazole rings is 1. The summed E-state index contributed by atoms with van der Waals surface area (Å²) in [6.45, 7) is 6.09. The molecule has 0 aliphatic heterocycles. The van der Waals surface area contributed by atoms with Crippen LogP contribution in [0, 0.1) is 0 Å². The van der Waals surface area contributed by atoms with Crippen molar-refractivity contribution in [2.75, 3.05) is 30.0 Å². The highest BCUT2D eigenvalue weighted by atomic mass is 32.2. The molecule has 20 heavy (non-hydrogen) atoms. The van der Waals surface area contributed by atoms with Gasteiger partial charge in [-0.3, -0.25) is 0 Å². The molecule has 0 saturated carbocycles. The summed E-state index contributed by atoms with van der Waals surface area (Å²) in [5.41, 5.74) is 1.56. The molecule has 2 rings (SSSR count). The molecule has 7 heteroatoms. The Morgan fingerprint density at radius 1 is 1.30 bits per heavy atom. The fourth-order valence-corrected chi connectivity index (χ4v) is 2.14. The van der Waals surface area contributed by atoms with Gasteiger partial charge in [0.1, 0.15) is 5.52 Å². The predicted molar refractivity (Wildman–Crippen MR) is 86.5 cm³/mol. The second-order valence-electron chi connectivity index (χ2n) is 4.69. The topological polar surface area (TPSA) is 78.5 Å². The summed E-state index contributed by atoms with van der Waals surface area (Å²) in [7, 11) is 0. The minimum absolute atomic E-state index is 0.631. The van der Waals surface area contributed by atoms with Crippen LogP contribution in [-0.2, 0) is 0 Å². The average Bonchev–Trinajstić information content (AvgIpc) is 2.93. The van der Waals surface area contributed by atoms with Crippen molar-refractivity contribution in [2.45, 2.75) is 31.9 Å². The third-order valence-electron chi connectivity index (χ3n) is 3.06. The molecule has 1 unspecified atom stereocenters. The van der Waals surface area contributed by atoms with Gasteiger partial charge in [-0.15, -0.1) is 0 Å². The Hall–Kier alpha value is -1.50. The second-order valence-corrected chi connectivity index (χ2v) is 5.96. The highest BCUT2D eigenvalue weighted by Crippen LogP contribution is 2.19.